The maximum atomic E-state index is 13.1. The van der Waals surface area contributed by atoms with E-state index in [-0.39, 0.29) is 18.0 Å². The van der Waals surface area contributed by atoms with Crippen LogP contribution < -0.4 is 10.5 Å². The molecule has 2 saturated heterocycles. The average molecular weight is 482 g/mol. The second-order valence-electron chi connectivity index (χ2n) is 8.89. The number of fused-ring (bicyclic) bond motifs is 1. The quantitative estimate of drug-likeness (QED) is 0.526. The molecule has 1 amide bonds. The Balaban J connectivity index is 1.20. The smallest absolute Gasteiger partial charge is 0.273 e. The van der Waals surface area contributed by atoms with Gasteiger partial charge in [0, 0.05) is 58.9 Å². The Kier molecular flexibility index (Phi) is 6.89. The van der Waals surface area contributed by atoms with Crippen LogP contribution in [-0.4, -0.2) is 94.0 Å². The Bertz CT molecular complexity index is 1180. The Hall–Kier alpha value is -2.82. The molecule has 5 rings (SSSR count). The summed E-state index contributed by atoms with van der Waals surface area (Å²) in [5.41, 5.74) is 1.57. The summed E-state index contributed by atoms with van der Waals surface area (Å²) in [6.07, 6.45) is 1.47. The fourth-order valence-corrected chi connectivity index (χ4v) is 5.60. The molecular weight excluding hydrogens is 450 g/mol. The van der Waals surface area contributed by atoms with Gasteiger partial charge in [0.2, 0.25) is 5.91 Å². The molecule has 9 nitrogen and oxygen atoms in total. The van der Waals surface area contributed by atoms with Crippen molar-refractivity contribution in [1.29, 1.82) is 0 Å². The third-order valence-electron chi connectivity index (χ3n) is 6.74. The summed E-state index contributed by atoms with van der Waals surface area (Å²) in [4.78, 5) is 43.8. The van der Waals surface area contributed by atoms with E-state index in [1.807, 2.05) is 11.0 Å². The van der Waals surface area contributed by atoms with Gasteiger partial charge in [-0.05, 0) is 12.1 Å². The molecule has 2 aromatic heterocycles. The number of benzene rings is 1. The number of piperazine rings is 2. The number of hydrogen-bond donors (Lipinski definition) is 0. The van der Waals surface area contributed by atoms with Crippen LogP contribution in [0.1, 0.15) is 12.5 Å². The number of anilines is 1. The number of likely N-dealkylation sites (N-methyl/N-ethyl adjacent to an activating group) is 1. The summed E-state index contributed by atoms with van der Waals surface area (Å²) in [6.45, 7) is 10.9. The highest BCUT2D eigenvalue weighted by atomic mass is 32.1. The van der Waals surface area contributed by atoms with Crippen LogP contribution in [0, 0.1) is 0 Å². The van der Waals surface area contributed by atoms with Gasteiger partial charge in [-0.1, -0.05) is 48.6 Å². The predicted octanol–water partition coefficient (Wildman–Crippen LogP) is 1.34. The molecule has 10 heteroatoms. The summed E-state index contributed by atoms with van der Waals surface area (Å²) < 4.78 is 1.95. The van der Waals surface area contributed by atoms with E-state index < -0.39 is 0 Å². The maximum absolute atomic E-state index is 13.1. The number of thiazole rings is 1. The van der Waals surface area contributed by atoms with Gasteiger partial charge < -0.3 is 14.7 Å². The Morgan fingerprint density at radius 1 is 0.971 bits per heavy atom. The average Bonchev–Trinajstić information content (AvgIpc) is 3.32. The maximum Gasteiger partial charge on any atom is 0.273 e. The Labute approximate surface area is 203 Å². The first-order chi connectivity index (χ1) is 16.6. The molecule has 2 fully saturated rings. The lowest BCUT2D eigenvalue weighted by molar-refractivity contribution is -0.133. The molecule has 0 spiro atoms. The Morgan fingerprint density at radius 3 is 2.38 bits per heavy atom. The van der Waals surface area contributed by atoms with E-state index in [1.165, 1.54) is 27.8 Å². The van der Waals surface area contributed by atoms with Crippen molar-refractivity contribution in [1.82, 2.24) is 29.2 Å². The first kappa shape index (κ1) is 22.9. The SMILES string of the molecule is CCN1CCN(c2nc3ncn(CC(=O)N4CCN(Cc5ccccc5)CC4)c(=O)c3s2)CC1. The summed E-state index contributed by atoms with van der Waals surface area (Å²) in [5.74, 6) is -0.0389. The molecular formula is C24H31N7O2S. The van der Waals surface area contributed by atoms with Crippen molar-refractivity contribution in [3.8, 4) is 0 Å². The molecule has 0 aliphatic carbocycles. The molecule has 0 atom stereocenters. The second kappa shape index (κ2) is 10.2. The minimum Gasteiger partial charge on any atom is -0.345 e. The lowest BCUT2D eigenvalue weighted by Crippen LogP contribution is -2.49. The standard InChI is InChI=1S/C24H31N7O2S/c1-2-27-8-14-30(15-9-27)24-26-22-21(34-24)23(33)31(18-25-22)17-20(32)29-12-10-28(11-13-29)16-19-6-4-3-5-7-19/h3-7,18H,2,8-17H2,1H3. The van der Waals surface area contributed by atoms with Crippen LogP contribution in [-0.2, 0) is 17.9 Å². The number of nitrogens with zero attached hydrogens (tertiary/aromatic N) is 7. The largest absolute Gasteiger partial charge is 0.345 e. The van der Waals surface area contributed by atoms with Gasteiger partial charge in [-0.2, -0.15) is 4.98 Å². The van der Waals surface area contributed by atoms with Crippen molar-refractivity contribution < 1.29 is 4.79 Å². The molecule has 0 bridgehead atoms. The van der Waals surface area contributed by atoms with Crippen LogP contribution in [0.4, 0.5) is 5.13 Å². The zero-order valence-corrected chi connectivity index (χ0v) is 20.4. The third-order valence-corrected chi connectivity index (χ3v) is 7.84. The highest BCUT2D eigenvalue weighted by molar-refractivity contribution is 7.22. The van der Waals surface area contributed by atoms with Crippen LogP contribution in [0.5, 0.6) is 0 Å². The van der Waals surface area contributed by atoms with Gasteiger partial charge in [-0.25, -0.2) is 4.98 Å². The summed E-state index contributed by atoms with van der Waals surface area (Å²) in [7, 11) is 0. The van der Waals surface area contributed by atoms with E-state index in [1.54, 1.807) is 0 Å². The molecule has 2 aliphatic rings. The molecule has 3 aromatic rings. The van der Waals surface area contributed by atoms with E-state index in [4.69, 9.17) is 0 Å². The van der Waals surface area contributed by atoms with Crippen LogP contribution in [0.15, 0.2) is 41.5 Å². The van der Waals surface area contributed by atoms with Gasteiger partial charge in [0.25, 0.3) is 5.56 Å². The first-order valence-corrected chi connectivity index (χ1v) is 12.8. The first-order valence-electron chi connectivity index (χ1n) is 12.0. The molecule has 2 aliphatic heterocycles. The van der Waals surface area contributed by atoms with E-state index in [9.17, 15) is 9.59 Å². The lowest BCUT2D eigenvalue weighted by Gasteiger charge is -2.34. The normalized spacial score (nSPS) is 18.0. The topological polar surface area (TPSA) is 77.8 Å². The van der Waals surface area contributed by atoms with Crippen LogP contribution >= 0.6 is 11.3 Å². The van der Waals surface area contributed by atoms with E-state index in [2.05, 4.69) is 55.9 Å². The van der Waals surface area contributed by atoms with E-state index in [0.717, 1.165) is 57.5 Å². The van der Waals surface area contributed by atoms with E-state index >= 15 is 0 Å². The van der Waals surface area contributed by atoms with Crippen molar-refractivity contribution >= 4 is 32.7 Å². The number of carbonyl (C=O) groups is 1. The van der Waals surface area contributed by atoms with Crippen molar-refractivity contribution in [3.05, 3.63) is 52.6 Å². The minimum atomic E-state index is -0.183. The molecule has 34 heavy (non-hydrogen) atoms. The zero-order chi connectivity index (χ0) is 23.5. The van der Waals surface area contributed by atoms with Gasteiger partial charge in [0.15, 0.2) is 10.8 Å². The van der Waals surface area contributed by atoms with E-state index in [0.29, 0.717) is 23.4 Å². The van der Waals surface area contributed by atoms with Crippen molar-refractivity contribution in [3.63, 3.8) is 0 Å². The van der Waals surface area contributed by atoms with Gasteiger partial charge in [0.05, 0.1) is 0 Å². The highest BCUT2D eigenvalue weighted by Crippen LogP contribution is 2.26. The van der Waals surface area contributed by atoms with Crippen molar-refractivity contribution in [2.24, 2.45) is 0 Å². The number of aromatic nitrogens is 3. The number of rotatable bonds is 6. The summed E-state index contributed by atoms with van der Waals surface area (Å²) in [5, 5.41) is 0.842. The predicted molar refractivity (Wildman–Crippen MR) is 134 cm³/mol. The van der Waals surface area contributed by atoms with Crippen LogP contribution in [0.25, 0.3) is 10.3 Å². The highest BCUT2D eigenvalue weighted by Gasteiger charge is 2.23. The monoisotopic (exact) mass is 481 g/mol. The number of carbonyl (C=O) groups excluding carboxylic acids is 1. The summed E-state index contributed by atoms with van der Waals surface area (Å²) in [6, 6.07) is 10.4. The van der Waals surface area contributed by atoms with Crippen LogP contribution in [0.3, 0.4) is 0 Å². The van der Waals surface area contributed by atoms with Crippen LogP contribution in [0.2, 0.25) is 0 Å². The molecule has 180 valence electrons. The van der Waals surface area contributed by atoms with Gasteiger partial charge in [0.1, 0.15) is 17.6 Å². The molecule has 4 heterocycles. The molecule has 0 saturated carbocycles. The third kappa shape index (κ3) is 4.98. The fourth-order valence-electron chi connectivity index (χ4n) is 4.58. The lowest BCUT2D eigenvalue weighted by atomic mass is 10.2. The fraction of sp³-hybridized carbons (Fsp3) is 0.500. The summed E-state index contributed by atoms with van der Waals surface area (Å²) >= 11 is 1.39. The Morgan fingerprint density at radius 2 is 1.68 bits per heavy atom. The van der Waals surface area contributed by atoms with Gasteiger partial charge in [-0.3, -0.25) is 19.1 Å². The number of hydrogen-bond acceptors (Lipinski definition) is 8. The molecule has 0 N–H and O–H groups in total. The number of amides is 1. The molecule has 0 unspecified atom stereocenters. The molecule has 0 radical (unpaired) electrons. The van der Waals surface area contributed by atoms with Gasteiger partial charge >= 0.3 is 0 Å². The van der Waals surface area contributed by atoms with Gasteiger partial charge in [-0.15, -0.1) is 0 Å². The van der Waals surface area contributed by atoms with Crippen molar-refractivity contribution in [2.75, 3.05) is 63.8 Å². The zero-order valence-electron chi connectivity index (χ0n) is 19.6. The molecule has 1 aromatic carbocycles. The minimum absolute atomic E-state index is 0.0167. The second-order valence-corrected chi connectivity index (χ2v) is 9.87. The van der Waals surface area contributed by atoms with Crippen molar-refractivity contribution in [2.45, 2.75) is 20.0 Å².